The Kier molecular flexibility index (Phi) is 5.28. The summed E-state index contributed by atoms with van der Waals surface area (Å²) in [5.74, 6) is 0.0842. The Hall–Kier alpha value is -2.14. The molecule has 0 saturated heterocycles. The molecule has 0 N–H and O–H groups in total. The van der Waals surface area contributed by atoms with Gasteiger partial charge in [-0.2, -0.15) is 5.10 Å². The summed E-state index contributed by atoms with van der Waals surface area (Å²) in [4.78, 5) is 11.8. The summed E-state index contributed by atoms with van der Waals surface area (Å²) in [5.41, 5.74) is 3.11. The Bertz CT molecular complexity index is 1010. The van der Waals surface area contributed by atoms with Crippen LogP contribution in [0.5, 0.6) is 0 Å². The monoisotopic (exact) mass is 414 g/mol. The molecule has 0 amide bonds. The van der Waals surface area contributed by atoms with Gasteiger partial charge in [0.15, 0.2) is 5.78 Å². The zero-order valence-electron chi connectivity index (χ0n) is 15.5. The first-order chi connectivity index (χ1) is 13.5. The molecule has 1 saturated carbocycles. The number of benzene rings is 2. The molecule has 4 nitrogen and oxygen atoms in total. The molecule has 0 unspecified atom stereocenters. The van der Waals surface area contributed by atoms with Gasteiger partial charge >= 0.3 is 0 Å². The quantitative estimate of drug-likeness (QED) is 0.509. The van der Waals surface area contributed by atoms with E-state index in [4.69, 9.17) is 33.0 Å². The lowest BCUT2D eigenvalue weighted by Gasteiger charge is -2.11. The van der Waals surface area contributed by atoms with Crippen molar-refractivity contribution in [3.63, 3.8) is 0 Å². The van der Waals surface area contributed by atoms with Crippen LogP contribution in [0.4, 0.5) is 0 Å². The van der Waals surface area contributed by atoms with Gasteiger partial charge in [-0.25, -0.2) is 0 Å². The summed E-state index contributed by atoms with van der Waals surface area (Å²) in [7, 11) is 0. The first-order valence-electron chi connectivity index (χ1n) is 9.18. The molecular formula is C22H20Cl2N2O2. The van der Waals surface area contributed by atoms with Crippen molar-refractivity contribution < 1.29 is 9.53 Å². The van der Waals surface area contributed by atoms with Gasteiger partial charge in [0, 0.05) is 10.0 Å². The molecule has 1 fully saturated rings. The van der Waals surface area contributed by atoms with Gasteiger partial charge < -0.3 is 4.74 Å². The number of Topliss-reactive ketones (excluding diaryl/α,β-unsaturated/α-hetero) is 1. The highest BCUT2D eigenvalue weighted by Gasteiger charge is 2.48. The first-order valence-corrected chi connectivity index (χ1v) is 9.93. The van der Waals surface area contributed by atoms with Crippen molar-refractivity contribution in [3.05, 3.63) is 75.9 Å². The van der Waals surface area contributed by atoms with Gasteiger partial charge in [0.2, 0.25) is 0 Å². The molecule has 0 spiro atoms. The predicted octanol–water partition coefficient (Wildman–Crippen LogP) is 5.54. The number of hydrogen-bond acceptors (Lipinski definition) is 3. The summed E-state index contributed by atoms with van der Waals surface area (Å²) in [5, 5.41) is 6.11. The SMILES string of the molecule is CC(=O)C1(OCc2cc(-c3ccc(Cl)cc3)n(Cc3ccccc3Cl)n2)CC1. The number of carbonyl (C=O) groups is 1. The molecule has 0 radical (unpaired) electrons. The molecule has 0 aliphatic heterocycles. The fourth-order valence-corrected chi connectivity index (χ4v) is 3.55. The third-order valence-corrected chi connectivity index (χ3v) is 5.71. The molecule has 6 heteroatoms. The first kappa shape index (κ1) is 19.2. The van der Waals surface area contributed by atoms with Crippen molar-refractivity contribution in [2.75, 3.05) is 0 Å². The van der Waals surface area contributed by atoms with E-state index in [-0.39, 0.29) is 5.78 Å². The molecule has 3 aromatic rings. The summed E-state index contributed by atoms with van der Waals surface area (Å²) in [6.45, 7) is 2.42. The molecule has 2 aromatic carbocycles. The maximum Gasteiger partial charge on any atom is 0.161 e. The number of ether oxygens (including phenoxy) is 1. The Labute approximate surface area is 174 Å². The zero-order chi connectivity index (χ0) is 19.7. The largest absolute Gasteiger partial charge is 0.361 e. The molecule has 28 heavy (non-hydrogen) atoms. The Morgan fingerprint density at radius 3 is 2.50 bits per heavy atom. The van der Waals surface area contributed by atoms with Gasteiger partial charge in [0.05, 0.1) is 24.5 Å². The minimum atomic E-state index is -0.604. The number of ketones is 1. The van der Waals surface area contributed by atoms with Crippen molar-refractivity contribution in [2.24, 2.45) is 0 Å². The standard InChI is InChI=1S/C22H20Cl2N2O2/c1-15(27)22(10-11-22)28-14-19-12-21(16-6-8-18(23)9-7-16)26(25-19)13-17-4-2-3-5-20(17)24/h2-9,12H,10-11,13-14H2,1H3. The van der Waals surface area contributed by atoms with E-state index in [1.54, 1.807) is 6.92 Å². The van der Waals surface area contributed by atoms with Gasteiger partial charge in [-0.05, 0) is 55.2 Å². The molecule has 4 rings (SSSR count). The molecular weight excluding hydrogens is 395 g/mol. The summed E-state index contributed by atoms with van der Waals surface area (Å²) in [6, 6.07) is 17.4. The van der Waals surface area contributed by atoms with Crippen LogP contribution in [0.3, 0.4) is 0 Å². The number of halogens is 2. The maximum absolute atomic E-state index is 11.8. The van der Waals surface area contributed by atoms with Crippen molar-refractivity contribution in [1.82, 2.24) is 9.78 Å². The van der Waals surface area contributed by atoms with Crippen LogP contribution < -0.4 is 0 Å². The predicted molar refractivity (Wildman–Crippen MR) is 111 cm³/mol. The third-order valence-electron chi connectivity index (χ3n) is 5.09. The average molecular weight is 415 g/mol. The lowest BCUT2D eigenvalue weighted by atomic mass is 10.1. The van der Waals surface area contributed by atoms with Crippen molar-refractivity contribution in [1.29, 1.82) is 0 Å². The lowest BCUT2D eigenvalue weighted by Crippen LogP contribution is -2.23. The second kappa shape index (κ2) is 7.70. The maximum atomic E-state index is 11.8. The van der Waals surface area contributed by atoms with Crippen molar-refractivity contribution in [2.45, 2.75) is 38.5 Å². The number of aromatic nitrogens is 2. The van der Waals surface area contributed by atoms with E-state index in [9.17, 15) is 4.79 Å². The normalized spacial score (nSPS) is 14.8. The highest BCUT2D eigenvalue weighted by atomic mass is 35.5. The number of carbonyl (C=O) groups excluding carboxylic acids is 1. The highest BCUT2D eigenvalue weighted by Crippen LogP contribution is 2.41. The molecule has 0 bridgehead atoms. The Morgan fingerprint density at radius 2 is 1.86 bits per heavy atom. The van der Waals surface area contributed by atoms with Crippen LogP contribution in [-0.4, -0.2) is 21.2 Å². The topological polar surface area (TPSA) is 44.1 Å². The van der Waals surface area contributed by atoms with Crippen LogP contribution in [0, 0.1) is 0 Å². The van der Waals surface area contributed by atoms with E-state index < -0.39 is 5.60 Å². The van der Waals surface area contributed by atoms with Gasteiger partial charge in [-0.3, -0.25) is 9.48 Å². The molecule has 144 valence electrons. The Morgan fingerprint density at radius 1 is 1.14 bits per heavy atom. The van der Waals surface area contributed by atoms with Gasteiger partial charge in [0.1, 0.15) is 5.60 Å². The Balaban J connectivity index is 1.64. The van der Waals surface area contributed by atoms with Crippen LogP contribution in [-0.2, 0) is 22.7 Å². The number of rotatable bonds is 7. The zero-order valence-corrected chi connectivity index (χ0v) is 17.0. The molecule has 0 atom stereocenters. The van der Waals surface area contributed by atoms with Crippen LogP contribution in [0.25, 0.3) is 11.3 Å². The van der Waals surface area contributed by atoms with Gasteiger partial charge in [0.25, 0.3) is 0 Å². The minimum Gasteiger partial charge on any atom is -0.361 e. The summed E-state index contributed by atoms with van der Waals surface area (Å²) >= 11 is 12.4. The molecule has 1 aliphatic carbocycles. The molecule has 1 heterocycles. The fourth-order valence-electron chi connectivity index (χ4n) is 3.23. The number of nitrogens with zero attached hydrogens (tertiary/aromatic N) is 2. The summed E-state index contributed by atoms with van der Waals surface area (Å²) < 4.78 is 7.83. The van der Waals surface area contributed by atoms with E-state index in [0.717, 1.165) is 35.4 Å². The van der Waals surface area contributed by atoms with E-state index in [2.05, 4.69) is 0 Å². The van der Waals surface area contributed by atoms with Gasteiger partial charge in [-0.15, -0.1) is 0 Å². The summed E-state index contributed by atoms with van der Waals surface area (Å²) in [6.07, 6.45) is 1.57. The molecule has 1 aromatic heterocycles. The van der Waals surface area contributed by atoms with E-state index >= 15 is 0 Å². The molecule has 1 aliphatic rings. The van der Waals surface area contributed by atoms with E-state index in [0.29, 0.717) is 23.2 Å². The number of hydrogen-bond donors (Lipinski definition) is 0. The second-order valence-corrected chi connectivity index (χ2v) is 7.96. The van der Waals surface area contributed by atoms with Gasteiger partial charge in [-0.1, -0.05) is 53.5 Å². The fraction of sp³-hybridized carbons (Fsp3) is 0.273. The van der Waals surface area contributed by atoms with Crippen LogP contribution in [0.15, 0.2) is 54.6 Å². The van der Waals surface area contributed by atoms with E-state index in [1.807, 2.05) is 59.3 Å². The van der Waals surface area contributed by atoms with Crippen molar-refractivity contribution >= 4 is 29.0 Å². The third kappa shape index (κ3) is 4.00. The van der Waals surface area contributed by atoms with E-state index in [1.165, 1.54) is 0 Å². The lowest BCUT2D eigenvalue weighted by molar-refractivity contribution is -0.132. The smallest absolute Gasteiger partial charge is 0.161 e. The highest BCUT2D eigenvalue weighted by molar-refractivity contribution is 6.31. The van der Waals surface area contributed by atoms with Crippen LogP contribution in [0.1, 0.15) is 31.0 Å². The minimum absolute atomic E-state index is 0.0842. The van der Waals surface area contributed by atoms with Crippen molar-refractivity contribution in [3.8, 4) is 11.3 Å². The second-order valence-electron chi connectivity index (χ2n) is 7.12. The average Bonchev–Trinajstić information content (AvgIpc) is 3.38. The van der Waals surface area contributed by atoms with Crippen LogP contribution >= 0.6 is 23.2 Å². The van der Waals surface area contributed by atoms with Crippen LogP contribution in [0.2, 0.25) is 10.0 Å².